The van der Waals surface area contributed by atoms with Crippen LogP contribution in [0.3, 0.4) is 0 Å². The molecule has 0 bridgehead atoms. The maximum atomic E-state index is 10.7. The van der Waals surface area contributed by atoms with E-state index in [4.69, 9.17) is 14.4 Å². The van der Waals surface area contributed by atoms with Gasteiger partial charge in [-0.1, -0.05) is 11.2 Å². The second-order valence-corrected chi connectivity index (χ2v) is 4.72. The van der Waals surface area contributed by atoms with Crippen molar-refractivity contribution in [2.45, 2.75) is 33.0 Å². The minimum Gasteiger partial charge on any atom is -0.476 e. The lowest BCUT2D eigenvalue weighted by atomic mass is 10.2. The van der Waals surface area contributed by atoms with Crippen LogP contribution in [0, 0.1) is 0 Å². The van der Waals surface area contributed by atoms with Crippen molar-refractivity contribution >= 4 is 5.97 Å². The van der Waals surface area contributed by atoms with E-state index in [1.54, 1.807) is 6.20 Å². The number of hydrogen-bond acceptors (Lipinski definition) is 6. The number of aromatic nitrogens is 2. The topological polar surface area (TPSA) is 97.5 Å². The Morgan fingerprint density at radius 3 is 2.95 bits per heavy atom. The molecule has 0 atom stereocenters. The molecule has 21 heavy (non-hydrogen) atoms. The van der Waals surface area contributed by atoms with Gasteiger partial charge in [0.1, 0.15) is 0 Å². The van der Waals surface area contributed by atoms with Crippen LogP contribution >= 0.6 is 0 Å². The summed E-state index contributed by atoms with van der Waals surface area (Å²) >= 11 is 0. The fourth-order valence-corrected chi connectivity index (χ4v) is 1.71. The van der Waals surface area contributed by atoms with Crippen molar-refractivity contribution in [2.75, 3.05) is 0 Å². The normalized spacial score (nSPS) is 10.8. The molecule has 0 amide bonds. The molecular formula is C14H17N3O4. The highest BCUT2D eigenvalue weighted by molar-refractivity contribution is 5.85. The molecule has 2 N–H and O–H groups in total. The summed E-state index contributed by atoms with van der Waals surface area (Å²) in [7, 11) is 0. The van der Waals surface area contributed by atoms with Crippen molar-refractivity contribution in [1.29, 1.82) is 0 Å². The zero-order valence-electron chi connectivity index (χ0n) is 11.9. The van der Waals surface area contributed by atoms with Crippen molar-refractivity contribution in [3.63, 3.8) is 0 Å². The summed E-state index contributed by atoms with van der Waals surface area (Å²) in [6, 6.07) is 5.14. The summed E-state index contributed by atoms with van der Waals surface area (Å²) in [6.45, 7) is 4.77. The molecule has 0 aromatic carbocycles. The summed E-state index contributed by atoms with van der Waals surface area (Å²) in [5.74, 6) is -0.0590. The average molecular weight is 291 g/mol. The summed E-state index contributed by atoms with van der Waals surface area (Å²) in [5, 5.41) is 15.3. The Hall–Kier alpha value is -2.41. The average Bonchev–Trinajstić information content (AvgIpc) is 2.89. The Morgan fingerprint density at radius 2 is 2.29 bits per heavy atom. The number of carboxylic acids is 1. The number of carboxylic acid groups (broad SMARTS) is 1. The van der Waals surface area contributed by atoms with Gasteiger partial charge in [-0.2, -0.15) is 0 Å². The molecule has 2 aromatic rings. The lowest BCUT2D eigenvalue weighted by Crippen LogP contribution is -2.15. The lowest BCUT2D eigenvalue weighted by molar-refractivity contribution is 0.0685. The van der Waals surface area contributed by atoms with E-state index in [0.29, 0.717) is 24.7 Å². The van der Waals surface area contributed by atoms with Gasteiger partial charge in [-0.25, -0.2) is 9.78 Å². The van der Waals surface area contributed by atoms with Gasteiger partial charge in [0.15, 0.2) is 11.5 Å². The first kappa shape index (κ1) is 15.0. The van der Waals surface area contributed by atoms with Crippen molar-refractivity contribution in [2.24, 2.45) is 0 Å². The van der Waals surface area contributed by atoms with Crippen LogP contribution in [0.4, 0.5) is 0 Å². The molecular weight excluding hydrogens is 274 g/mol. The minimum atomic E-state index is -1.11. The highest BCUT2D eigenvalue weighted by Crippen LogP contribution is 2.15. The van der Waals surface area contributed by atoms with E-state index in [1.807, 2.05) is 26.0 Å². The highest BCUT2D eigenvalue weighted by atomic mass is 16.5. The van der Waals surface area contributed by atoms with Gasteiger partial charge in [-0.15, -0.1) is 0 Å². The summed E-state index contributed by atoms with van der Waals surface area (Å²) in [4.78, 5) is 14.9. The maximum Gasteiger partial charge on any atom is 0.358 e. The van der Waals surface area contributed by atoms with E-state index in [9.17, 15) is 4.79 Å². The van der Waals surface area contributed by atoms with Crippen LogP contribution in [0.25, 0.3) is 0 Å². The van der Waals surface area contributed by atoms with Gasteiger partial charge in [0.05, 0.1) is 12.6 Å². The molecule has 0 aliphatic rings. The third kappa shape index (κ3) is 4.28. The van der Waals surface area contributed by atoms with Crippen LogP contribution < -0.4 is 10.1 Å². The molecule has 0 aliphatic heterocycles. The van der Waals surface area contributed by atoms with Crippen LogP contribution in [-0.4, -0.2) is 27.3 Å². The van der Waals surface area contributed by atoms with Gasteiger partial charge in [0.2, 0.25) is 5.88 Å². The predicted octanol–water partition coefficient (Wildman–Crippen LogP) is 1.84. The van der Waals surface area contributed by atoms with E-state index in [1.165, 1.54) is 6.07 Å². The molecule has 112 valence electrons. The summed E-state index contributed by atoms with van der Waals surface area (Å²) in [6.07, 6.45) is 1.72. The standard InChI is InChI=1S/C14H17N3O4/c1-9(2)20-13-10(4-3-5-16-13)7-15-8-11-6-12(14(18)19)17-21-11/h3-6,9,15H,7-8H2,1-2H3,(H,18,19). The Balaban J connectivity index is 1.92. The van der Waals surface area contributed by atoms with Crippen molar-refractivity contribution in [3.05, 3.63) is 41.4 Å². The number of hydrogen-bond donors (Lipinski definition) is 2. The van der Waals surface area contributed by atoms with Crippen molar-refractivity contribution < 1.29 is 19.2 Å². The van der Waals surface area contributed by atoms with E-state index in [0.717, 1.165) is 5.56 Å². The number of nitrogens with zero attached hydrogens (tertiary/aromatic N) is 2. The lowest BCUT2D eigenvalue weighted by Gasteiger charge is -2.12. The molecule has 0 fully saturated rings. The van der Waals surface area contributed by atoms with Gasteiger partial charge in [0, 0.05) is 24.4 Å². The SMILES string of the molecule is CC(C)Oc1ncccc1CNCc1cc(C(=O)O)no1. The van der Waals surface area contributed by atoms with Crippen molar-refractivity contribution in [3.8, 4) is 5.88 Å². The van der Waals surface area contributed by atoms with E-state index in [-0.39, 0.29) is 11.8 Å². The third-order valence-electron chi connectivity index (χ3n) is 2.59. The molecule has 2 rings (SSSR count). The Morgan fingerprint density at radius 1 is 1.48 bits per heavy atom. The molecule has 0 radical (unpaired) electrons. The molecule has 2 heterocycles. The number of pyridine rings is 1. The van der Waals surface area contributed by atoms with Crippen LogP contribution in [0.2, 0.25) is 0 Å². The maximum absolute atomic E-state index is 10.7. The molecule has 0 spiro atoms. The zero-order chi connectivity index (χ0) is 15.2. The second kappa shape index (κ2) is 6.85. The number of rotatable bonds is 7. The fraction of sp³-hybridized carbons (Fsp3) is 0.357. The Bertz CT molecular complexity index is 610. The molecule has 7 heteroatoms. The van der Waals surface area contributed by atoms with Crippen LogP contribution in [-0.2, 0) is 13.1 Å². The first-order chi connectivity index (χ1) is 10.1. The largest absolute Gasteiger partial charge is 0.476 e. The summed E-state index contributed by atoms with van der Waals surface area (Å²) in [5.41, 5.74) is 0.821. The van der Waals surface area contributed by atoms with Crippen LogP contribution in [0.1, 0.15) is 35.7 Å². The quantitative estimate of drug-likeness (QED) is 0.803. The Labute approximate surface area is 121 Å². The minimum absolute atomic E-state index is 0.0473. The number of ether oxygens (including phenoxy) is 1. The second-order valence-electron chi connectivity index (χ2n) is 4.72. The highest BCUT2D eigenvalue weighted by Gasteiger charge is 2.11. The molecule has 0 saturated heterocycles. The molecule has 0 unspecified atom stereocenters. The summed E-state index contributed by atoms with van der Waals surface area (Å²) < 4.78 is 10.5. The van der Waals surface area contributed by atoms with Gasteiger partial charge >= 0.3 is 5.97 Å². The first-order valence-corrected chi connectivity index (χ1v) is 6.56. The molecule has 0 saturated carbocycles. The molecule has 7 nitrogen and oxygen atoms in total. The monoisotopic (exact) mass is 291 g/mol. The van der Waals surface area contributed by atoms with Gasteiger partial charge in [0.25, 0.3) is 0 Å². The third-order valence-corrected chi connectivity index (χ3v) is 2.59. The van der Waals surface area contributed by atoms with Gasteiger partial charge < -0.3 is 19.7 Å². The molecule has 2 aromatic heterocycles. The van der Waals surface area contributed by atoms with E-state index in [2.05, 4.69) is 15.5 Å². The predicted molar refractivity (Wildman–Crippen MR) is 74.0 cm³/mol. The number of nitrogens with one attached hydrogen (secondary N) is 1. The van der Waals surface area contributed by atoms with E-state index < -0.39 is 5.97 Å². The smallest absolute Gasteiger partial charge is 0.358 e. The number of aromatic carboxylic acids is 1. The zero-order valence-corrected chi connectivity index (χ0v) is 11.9. The Kier molecular flexibility index (Phi) is 4.89. The fourth-order valence-electron chi connectivity index (χ4n) is 1.71. The molecule has 0 aliphatic carbocycles. The van der Waals surface area contributed by atoms with Crippen LogP contribution in [0.15, 0.2) is 28.9 Å². The van der Waals surface area contributed by atoms with E-state index >= 15 is 0 Å². The van der Waals surface area contributed by atoms with Crippen LogP contribution in [0.5, 0.6) is 5.88 Å². The van der Waals surface area contributed by atoms with Gasteiger partial charge in [-0.05, 0) is 19.9 Å². The number of carbonyl (C=O) groups is 1. The van der Waals surface area contributed by atoms with Crippen molar-refractivity contribution in [1.82, 2.24) is 15.5 Å². The van der Waals surface area contributed by atoms with Gasteiger partial charge in [-0.3, -0.25) is 0 Å². The first-order valence-electron chi connectivity index (χ1n) is 6.56.